The Morgan fingerprint density at radius 2 is 1.90 bits per heavy atom. The molecule has 0 saturated carbocycles. The van der Waals surface area contributed by atoms with Crippen LogP contribution in [-0.2, 0) is 14.6 Å². The Morgan fingerprint density at radius 3 is 2.43 bits per heavy atom. The zero-order valence-corrected chi connectivity index (χ0v) is 13.5. The van der Waals surface area contributed by atoms with Crippen LogP contribution >= 0.6 is 0 Å². The van der Waals surface area contributed by atoms with E-state index in [-0.39, 0.29) is 18.0 Å². The summed E-state index contributed by atoms with van der Waals surface area (Å²) < 4.78 is 22.9. The number of hydrogen-bond donors (Lipinski definition) is 1. The molecule has 1 fully saturated rings. The molecule has 1 amide bonds. The van der Waals surface area contributed by atoms with Gasteiger partial charge in [-0.25, -0.2) is 8.42 Å². The Kier molecular flexibility index (Phi) is 4.68. The van der Waals surface area contributed by atoms with Crippen molar-refractivity contribution in [2.45, 2.75) is 36.7 Å². The van der Waals surface area contributed by atoms with E-state index in [9.17, 15) is 13.2 Å². The summed E-state index contributed by atoms with van der Waals surface area (Å²) in [5.41, 5.74) is 1.04. The van der Waals surface area contributed by atoms with Crippen molar-refractivity contribution in [3.05, 3.63) is 29.8 Å². The molecule has 116 valence electrons. The van der Waals surface area contributed by atoms with Gasteiger partial charge in [-0.1, -0.05) is 12.1 Å². The van der Waals surface area contributed by atoms with Crippen molar-refractivity contribution in [3.8, 4) is 0 Å². The van der Waals surface area contributed by atoms with Gasteiger partial charge in [-0.2, -0.15) is 0 Å². The number of likely N-dealkylation sites (N-methyl/N-ethyl adjacent to an activating group) is 1. The molecule has 1 heterocycles. The maximum Gasteiger partial charge on any atom is 0.222 e. The lowest BCUT2D eigenvalue weighted by molar-refractivity contribution is -0.132. The smallest absolute Gasteiger partial charge is 0.222 e. The van der Waals surface area contributed by atoms with Crippen molar-refractivity contribution in [2.75, 3.05) is 19.8 Å². The second kappa shape index (κ2) is 6.15. The lowest BCUT2D eigenvalue weighted by atomic mass is 10.0. The second-order valence-corrected chi connectivity index (χ2v) is 7.76. The predicted octanol–water partition coefficient (Wildman–Crippen LogP) is 1.36. The molecule has 5 nitrogen and oxygen atoms in total. The third-order valence-electron chi connectivity index (χ3n) is 3.92. The lowest BCUT2D eigenvalue weighted by Gasteiger charge is -2.32. The van der Waals surface area contributed by atoms with Crippen molar-refractivity contribution in [2.24, 2.45) is 0 Å². The summed E-state index contributed by atoms with van der Waals surface area (Å²) in [7, 11) is -1.33. The largest absolute Gasteiger partial charge is 0.344 e. The fourth-order valence-corrected chi connectivity index (χ4v) is 3.23. The number of benzene rings is 1. The van der Waals surface area contributed by atoms with E-state index in [2.05, 4.69) is 5.32 Å². The SMILES string of the molecule is CC(NC1CCC(=O)N(C)C1)c1ccc(S(C)(=O)=O)cc1. The van der Waals surface area contributed by atoms with E-state index >= 15 is 0 Å². The molecule has 0 spiro atoms. The van der Waals surface area contributed by atoms with Crippen LogP contribution in [-0.4, -0.2) is 45.1 Å². The molecule has 6 heteroatoms. The summed E-state index contributed by atoms with van der Waals surface area (Å²) in [6.07, 6.45) is 2.63. The number of nitrogens with one attached hydrogen (secondary N) is 1. The number of sulfone groups is 1. The minimum absolute atomic E-state index is 0.116. The van der Waals surface area contributed by atoms with Gasteiger partial charge < -0.3 is 10.2 Å². The fraction of sp³-hybridized carbons (Fsp3) is 0.533. The first-order valence-corrected chi connectivity index (χ1v) is 8.96. The number of carbonyl (C=O) groups excluding carboxylic acids is 1. The number of carbonyl (C=O) groups is 1. The molecule has 1 aliphatic rings. The number of likely N-dealkylation sites (tertiary alicyclic amines) is 1. The molecule has 2 unspecified atom stereocenters. The molecular formula is C15H22N2O3S. The van der Waals surface area contributed by atoms with Gasteiger partial charge in [0.05, 0.1) is 4.90 Å². The van der Waals surface area contributed by atoms with Crippen molar-refractivity contribution in [1.29, 1.82) is 0 Å². The maximum atomic E-state index is 11.5. The van der Waals surface area contributed by atoms with Crippen molar-refractivity contribution in [1.82, 2.24) is 10.2 Å². The molecule has 1 aromatic carbocycles. The molecule has 0 aliphatic carbocycles. The molecule has 0 radical (unpaired) electrons. The van der Waals surface area contributed by atoms with Crippen LogP contribution in [0.3, 0.4) is 0 Å². The third kappa shape index (κ3) is 4.04. The average molecular weight is 310 g/mol. The molecule has 1 saturated heterocycles. The topological polar surface area (TPSA) is 66.5 Å². The van der Waals surface area contributed by atoms with E-state index in [0.29, 0.717) is 17.9 Å². The van der Waals surface area contributed by atoms with E-state index in [1.807, 2.05) is 26.1 Å². The number of nitrogens with zero attached hydrogens (tertiary/aromatic N) is 1. The quantitative estimate of drug-likeness (QED) is 0.912. The van der Waals surface area contributed by atoms with Crippen LogP contribution in [0.1, 0.15) is 31.4 Å². The Morgan fingerprint density at radius 1 is 1.29 bits per heavy atom. The summed E-state index contributed by atoms with van der Waals surface area (Å²) in [6.45, 7) is 2.76. The fourth-order valence-electron chi connectivity index (χ4n) is 2.60. The first-order valence-electron chi connectivity index (χ1n) is 7.07. The first kappa shape index (κ1) is 16.0. The van der Waals surface area contributed by atoms with Crippen LogP contribution in [0.15, 0.2) is 29.2 Å². The van der Waals surface area contributed by atoms with Crippen LogP contribution < -0.4 is 5.32 Å². The molecule has 2 atom stereocenters. The minimum atomic E-state index is -3.15. The Bertz CT molecular complexity index is 610. The number of amides is 1. The minimum Gasteiger partial charge on any atom is -0.344 e. The highest BCUT2D eigenvalue weighted by Gasteiger charge is 2.24. The molecule has 2 rings (SSSR count). The van der Waals surface area contributed by atoms with Gasteiger partial charge in [0.15, 0.2) is 9.84 Å². The first-order chi connectivity index (χ1) is 9.77. The molecular weight excluding hydrogens is 288 g/mol. The third-order valence-corrected chi connectivity index (χ3v) is 5.05. The van der Waals surface area contributed by atoms with Gasteiger partial charge in [0.1, 0.15) is 0 Å². The standard InChI is InChI=1S/C15H22N2O3S/c1-11(16-13-6-9-15(18)17(2)10-13)12-4-7-14(8-5-12)21(3,19)20/h4-5,7-8,11,13,16H,6,9-10H2,1-3H3. The summed E-state index contributed by atoms with van der Waals surface area (Å²) in [6, 6.07) is 7.35. The van der Waals surface area contributed by atoms with E-state index < -0.39 is 9.84 Å². The van der Waals surface area contributed by atoms with Gasteiger partial charge in [-0.3, -0.25) is 4.79 Å². The van der Waals surface area contributed by atoms with Gasteiger partial charge >= 0.3 is 0 Å². The molecule has 0 bridgehead atoms. The number of hydrogen-bond acceptors (Lipinski definition) is 4. The van der Waals surface area contributed by atoms with Crippen molar-refractivity contribution in [3.63, 3.8) is 0 Å². The highest BCUT2D eigenvalue weighted by molar-refractivity contribution is 7.90. The van der Waals surface area contributed by atoms with Crippen LogP contribution in [0.5, 0.6) is 0 Å². The van der Waals surface area contributed by atoms with Crippen LogP contribution in [0.25, 0.3) is 0 Å². The Hall–Kier alpha value is -1.40. The van der Waals surface area contributed by atoms with E-state index in [4.69, 9.17) is 0 Å². The molecule has 0 aromatic heterocycles. The van der Waals surface area contributed by atoms with E-state index in [1.165, 1.54) is 6.26 Å². The molecule has 1 aliphatic heterocycles. The Balaban J connectivity index is 2.00. The van der Waals surface area contributed by atoms with Crippen LogP contribution in [0.2, 0.25) is 0 Å². The van der Waals surface area contributed by atoms with Crippen LogP contribution in [0.4, 0.5) is 0 Å². The molecule has 1 N–H and O–H groups in total. The van der Waals surface area contributed by atoms with Crippen molar-refractivity contribution >= 4 is 15.7 Å². The van der Waals surface area contributed by atoms with Crippen molar-refractivity contribution < 1.29 is 13.2 Å². The maximum absolute atomic E-state index is 11.5. The Labute approximate surface area is 126 Å². The van der Waals surface area contributed by atoms with Gasteiger partial charge in [-0.15, -0.1) is 0 Å². The zero-order chi connectivity index (χ0) is 15.6. The van der Waals surface area contributed by atoms with E-state index in [1.54, 1.807) is 17.0 Å². The summed E-state index contributed by atoms with van der Waals surface area (Å²) in [5.74, 6) is 0.193. The van der Waals surface area contributed by atoms with E-state index in [0.717, 1.165) is 12.0 Å². The van der Waals surface area contributed by atoms with Gasteiger partial charge in [-0.05, 0) is 31.0 Å². The summed E-state index contributed by atoms with van der Waals surface area (Å²) >= 11 is 0. The van der Waals surface area contributed by atoms with Gasteiger partial charge in [0, 0.05) is 38.4 Å². The van der Waals surface area contributed by atoms with Gasteiger partial charge in [0.2, 0.25) is 5.91 Å². The second-order valence-electron chi connectivity index (χ2n) is 5.74. The monoisotopic (exact) mass is 310 g/mol. The van der Waals surface area contributed by atoms with Crippen LogP contribution in [0, 0.1) is 0 Å². The normalized spacial score (nSPS) is 21.4. The summed E-state index contributed by atoms with van der Waals surface area (Å²) in [5, 5.41) is 3.50. The number of piperidine rings is 1. The number of rotatable bonds is 4. The molecule has 1 aromatic rings. The zero-order valence-electron chi connectivity index (χ0n) is 12.7. The highest BCUT2D eigenvalue weighted by Crippen LogP contribution is 2.19. The predicted molar refractivity (Wildman–Crippen MR) is 81.8 cm³/mol. The average Bonchev–Trinajstić information content (AvgIpc) is 2.42. The lowest BCUT2D eigenvalue weighted by Crippen LogP contribution is -2.47. The molecule has 21 heavy (non-hydrogen) atoms. The van der Waals surface area contributed by atoms with Gasteiger partial charge in [0.25, 0.3) is 0 Å². The summed E-state index contributed by atoms with van der Waals surface area (Å²) in [4.78, 5) is 13.6. The highest BCUT2D eigenvalue weighted by atomic mass is 32.2.